The molecule has 0 radical (unpaired) electrons. The Morgan fingerprint density at radius 1 is 1.22 bits per heavy atom. The van der Waals surface area contributed by atoms with Gasteiger partial charge in [-0.1, -0.05) is 43.7 Å². The number of aryl methyl sites for hydroxylation is 1. The summed E-state index contributed by atoms with van der Waals surface area (Å²) < 4.78 is 0. The maximum absolute atomic E-state index is 12.0. The summed E-state index contributed by atoms with van der Waals surface area (Å²) in [5, 5.41) is 3.09. The molecule has 0 saturated heterocycles. The van der Waals surface area contributed by atoms with Crippen LogP contribution >= 0.6 is 0 Å². The minimum absolute atomic E-state index is 0.0624. The smallest absolute Gasteiger partial charge is 0.224 e. The Kier molecular flexibility index (Phi) is 5.86. The molecule has 0 saturated carbocycles. The maximum atomic E-state index is 12.0. The lowest BCUT2D eigenvalue weighted by molar-refractivity contribution is -0.125. The van der Waals surface area contributed by atoms with Crippen molar-refractivity contribution in [2.24, 2.45) is 11.7 Å². The highest BCUT2D eigenvalue weighted by molar-refractivity contribution is 5.79. The standard InChI is InChI=1S/C15H24N2O/c1-4-12(10-16)15(18)17-14(5-2)13-8-6-11(3)7-9-13/h6-9,12,14H,4-5,10,16H2,1-3H3,(H,17,18). The van der Waals surface area contributed by atoms with Crippen molar-refractivity contribution < 1.29 is 4.79 Å². The van der Waals surface area contributed by atoms with Gasteiger partial charge in [0.2, 0.25) is 5.91 Å². The second kappa shape index (κ2) is 7.17. The van der Waals surface area contributed by atoms with E-state index in [2.05, 4.69) is 43.4 Å². The molecule has 3 heteroatoms. The summed E-state index contributed by atoms with van der Waals surface area (Å²) in [5.41, 5.74) is 7.98. The first-order chi connectivity index (χ1) is 8.62. The van der Waals surface area contributed by atoms with Crippen LogP contribution < -0.4 is 11.1 Å². The lowest BCUT2D eigenvalue weighted by atomic mass is 10.0. The molecule has 0 heterocycles. The number of carbonyl (C=O) groups excluding carboxylic acids is 1. The van der Waals surface area contributed by atoms with Crippen LogP contribution in [0.4, 0.5) is 0 Å². The summed E-state index contributed by atoms with van der Waals surface area (Å²) in [6.45, 7) is 6.54. The number of rotatable bonds is 6. The zero-order chi connectivity index (χ0) is 13.5. The lowest BCUT2D eigenvalue weighted by Crippen LogP contribution is -2.36. The Morgan fingerprint density at radius 2 is 1.83 bits per heavy atom. The average Bonchev–Trinajstić information content (AvgIpc) is 2.38. The number of benzene rings is 1. The maximum Gasteiger partial charge on any atom is 0.224 e. The summed E-state index contributed by atoms with van der Waals surface area (Å²) in [7, 11) is 0. The van der Waals surface area contributed by atoms with Crippen molar-refractivity contribution in [1.29, 1.82) is 0 Å². The second-order valence-electron chi connectivity index (χ2n) is 4.72. The monoisotopic (exact) mass is 248 g/mol. The van der Waals surface area contributed by atoms with Gasteiger partial charge in [0.05, 0.1) is 6.04 Å². The Hall–Kier alpha value is -1.35. The van der Waals surface area contributed by atoms with E-state index in [9.17, 15) is 4.79 Å². The van der Waals surface area contributed by atoms with E-state index in [0.29, 0.717) is 6.54 Å². The molecular formula is C15H24N2O. The van der Waals surface area contributed by atoms with Crippen LogP contribution in [0.5, 0.6) is 0 Å². The summed E-state index contributed by atoms with van der Waals surface area (Å²) in [4.78, 5) is 12.0. The van der Waals surface area contributed by atoms with E-state index < -0.39 is 0 Å². The first kappa shape index (κ1) is 14.7. The highest BCUT2D eigenvalue weighted by Gasteiger charge is 2.18. The van der Waals surface area contributed by atoms with Gasteiger partial charge in [-0.25, -0.2) is 0 Å². The molecule has 0 aliphatic heterocycles. The largest absolute Gasteiger partial charge is 0.349 e. The van der Waals surface area contributed by atoms with E-state index in [4.69, 9.17) is 5.73 Å². The molecule has 1 amide bonds. The van der Waals surface area contributed by atoms with E-state index in [-0.39, 0.29) is 17.9 Å². The molecule has 2 atom stereocenters. The van der Waals surface area contributed by atoms with E-state index >= 15 is 0 Å². The van der Waals surface area contributed by atoms with Gasteiger partial charge in [0.25, 0.3) is 0 Å². The summed E-state index contributed by atoms with van der Waals surface area (Å²) in [5.74, 6) is -0.0167. The van der Waals surface area contributed by atoms with E-state index in [1.54, 1.807) is 0 Å². The first-order valence-electron chi connectivity index (χ1n) is 6.69. The molecule has 1 rings (SSSR count). The number of carbonyl (C=O) groups is 1. The van der Waals surface area contributed by atoms with Gasteiger partial charge in [0.1, 0.15) is 0 Å². The molecule has 0 aromatic heterocycles. The average molecular weight is 248 g/mol. The molecule has 0 bridgehead atoms. The lowest BCUT2D eigenvalue weighted by Gasteiger charge is -2.21. The fourth-order valence-corrected chi connectivity index (χ4v) is 1.97. The van der Waals surface area contributed by atoms with Gasteiger partial charge in [-0.3, -0.25) is 4.79 Å². The normalized spacial score (nSPS) is 14.0. The molecule has 1 aromatic rings. The quantitative estimate of drug-likeness (QED) is 0.813. The van der Waals surface area contributed by atoms with Gasteiger partial charge in [0, 0.05) is 12.5 Å². The fourth-order valence-electron chi connectivity index (χ4n) is 1.97. The Balaban J connectivity index is 2.73. The SMILES string of the molecule is CCC(CN)C(=O)NC(CC)c1ccc(C)cc1. The van der Waals surface area contributed by atoms with Crippen LogP contribution in [0.25, 0.3) is 0 Å². The van der Waals surface area contributed by atoms with Gasteiger partial charge in [0.15, 0.2) is 0 Å². The van der Waals surface area contributed by atoms with Crippen molar-refractivity contribution in [3.8, 4) is 0 Å². The Labute approximate surface area is 110 Å². The predicted molar refractivity (Wildman–Crippen MR) is 75.2 cm³/mol. The number of hydrogen-bond acceptors (Lipinski definition) is 2. The third-order valence-electron chi connectivity index (χ3n) is 3.35. The molecule has 2 unspecified atom stereocenters. The zero-order valence-corrected chi connectivity index (χ0v) is 11.6. The van der Waals surface area contributed by atoms with Gasteiger partial charge in [-0.2, -0.15) is 0 Å². The van der Waals surface area contributed by atoms with Gasteiger partial charge >= 0.3 is 0 Å². The molecule has 3 nitrogen and oxygen atoms in total. The summed E-state index contributed by atoms with van der Waals surface area (Å²) in [6, 6.07) is 8.38. The highest BCUT2D eigenvalue weighted by Crippen LogP contribution is 2.18. The Bertz CT molecular complexity index is 369. The third-order valence-corrected chi connectivity index (χ3v) is 3.35. The predicted octanol–water partition coefficient (Wildman–Crippen LogP) is 2.55. The number of nitrogens with two attached hydrogens (primary N) is 1. The second-order valence-corrected chi connectivity index (χ2v) is 4.72. The molecule has 0 fully saturated rings. The van der Waals surface area contributed by atoms with E-state index in [0.717, 1.165) is 18.4 Å². The van der Waals surface area contributed by atoms with Crippen molar-refractivity contribution in [2.75, 3.05) is 6.54 Å². The van der Waals surface area contributed by atoms with Crippen LogP contribution in [0.3, 0.4) is 0 Å². The Morgan fingerprint density at radius 3 is 2.28 bits per heavy atom. The molecule has 0 aliphatic rings. The summed E-state index contributed by atoms with van der Waals surface area (Å²) in [6.07, 6.45) is 1.67. The number of amides is 1. The zero-order valence-electron chi connectivity index (χ0n) is 11.6. The highest BCUT2D eigenvalue weighted by atomic mass is 16.1. The van der Waals surface area contributed by atoms with E-state index in [1.807, 2.05) is 6.92 Å². The van der Waals surface area contributed by atoms with Crippen molar-refractivity contribution in [3.05, 3.63) is 35.4 Å². The van der Waals surface area contributed by atoms with Gasteiger partial charge in [-0.15, -0.1) is 0 Å². The van der Waals surface area contributed by atoms with E-state index in [1.165, 1.54) is 5.56 Å². The van der Waals surface area contributed by atoms with Crippen molar-refractivity contribution in [3.63, 3.8) is 0 Å². The van der Waals surface area contributed by atoms with Crippen LogP contribution in [0.15, 0.2) is 24.3 Å². The molecule has 0 spiro atoms. The fraction of sp³-hybridized carbons (Fsp3) is 0.533. The molecule has 18 heavy (non-hydrogen) atoms. The topological polar surface area (TPSA) is 55.1 Å². The molecule has 1 aromatic carbocycles. The van der Waals surface area contributed by atoms with Crippen LogP contribution in [0, 0.1) is 12.8 Å². The minimum Gasteiger partial charge on any atom is -0.349 e. The van der Waals surface area contributed by atoms with Crippen LogP contribution in [0.1, 0.15) is 43.9 Å². The van der Waals surface area contributed by atoms with Crippen molar-refractivity contribution in [2.45, 2.75) is 39.7 Å². The van der Waals surface area contributed by atoms with Crippen LogP contribution in [-0.4, -0.2) is 12.5 Å². The van der Waals surface area contributed by atoms with Crippen LogP contribution in [-0.2, 0) is 4.79 Å². The molecular weight excluding hydrogens is 224 g/mol. The number of hydrogen-bond donors (Lipinski definition) is 2. The van der Waals surface area contributed by atoms with Crippen molar-refractivity contribution in [1.82, 2.24) is 5.32 Å². The molecule has 0 aliphatic carbocycles. The number of nitrogens with one attached hydrogen (secondary N) is 1. The first-order valence-corrected chi connectivity index (χ1v) is 6.69. The third kappa shape index (κ3) is 3.84. The van der Waals surface area contributed by atoms with Gasteiger partial charge in [-0.05, 0) is 25.3 Å². The molecule has 3 N–H and O–H groups in total. The summed E-state index contributed by atoms with van der Waals surface area (Å²) >= 11 is 0. The van der Waals surface area contributed by atoms with Crippen LogP contribution in [0.2, 0.25) is 0 Å². The van der Waals surface area contributed by atoms with Crippen molar-refractivity contribution >= 4 is 5.91 Å². The van der Waals surface area contributed by atoms with Gasteiger partial charge < -0.3 is 11.1 Å². The minimum atomic E-state index is -0.0792. The molecule has 100 valence electrons.